The largest absolute Gasteiger partial charge is 0.456 e. The van der Waals surface area contributed by atoms with Crippen LogP contribution in [0.15, 0.2) is 46.9 Å². The van der Waals surface area contributed by atoms with E-state index in [9.17, 15) is 0 Å². The van der Waals surface area contributed by atoms with Gasteiger partial charge in [-0.05, 0) is 19.1 Å². The molecule has 1 heterocycles. The van der Waals surface area contributed by atoms with Crippen molar-refractivity contribution >= 4 is 34.2 Å². The third kappa shape index (κ3) is 2.00. The minimum Gasteiger partial charge on any atom is -0.456 e. The normalized spacial score (nSPS) is 11.1. The maximum Gasteiger partial charge on any atom is 0.136 e. The van der Waals surface area contributed by atoms with Gasteiger partial charge in [-0.1, -0.05) is 53.0 Å². The molecular weight excluding hydrogens is 267 g/mol. The van der Waals surface area contributed by atoms with Crippen molar-refractivity contribution in [2.75, 3.05) is 0 Å². The number of benzene rings is 2. The fraction of sp³-hybridized carbons (Fsp3) is 0.0667. The molecule has 0 amide bonds. The van der Waals surface area contributed by atoms with Crippen molar-refractivity contribution < 1.29 is 4.42 Å². The molecule has 3 heteroatoms. The number of hydrogen-bond donors (Lipinski definition) is 0. The Bertz CT molecular complexity index is 672. The highest BCUT2D eigenvalue weighted by Gasteiger charge is 2.08. The Kier molecular flexibility index (Phi) is 2.81. The summed E-state index contributed by atoms with van der Waals surface area (Å²) < 4.78 is 5.79. The molecule has 1 aromatic heterocycles. The van der Waals surface area contributed by atoms with Gasteiger partial charge in [0, 0.05) is 17.0 Å². The Morgan fingerprint density at radius 2 is 1.56 bits per heavy atom. The lowest BCUT2D eigenvalue weighted by Crippen LogP contribution is -1.74. The van der Waals surface area contributed by atoms with Gasteiger partial charge in [0.1, 0.15) is 11.3 Å². The predicted octanol–water partition coefficient (Wildman–Crippen LogP) is 5.72. The van der Waals surface area contributed by atoms with Crippen LogP contribution in [0.2, 0.25) is 10.0 Å². The van der Waals surface area contributed by atoms with Crippen LogP contribution in [0.4, 0.5) is 0 Å². The van der Waals surface area contributed by atoms with E-state index in [1.165, 1.54) is 5.56 Å². The van der Waals surface area contributed by atoms with Crippen LogP contribution in [0.5, 0.6) is 0 Å². The van der Waals surface area contributed by atoms with Crippen LogP contribution in [0.3, 0.4) is 0 Å². The summed E-state index contributed by atoms with van der Waals surface area (Å²) in [6.45, 7) is 2.06. The molecule has 0 atom stereocenters. The Balaban J connectivity index is 2.16. The van der Waals surface area contributed by atoms with Crippen molar-refractivity contribution in [2.45, 2.75) is 6.92 Å². The third-order valence-corrected chi connectivity index (χ3v) is 3.62. The van der Waals surface area contributed by atoms with E-state index in [4.69, 9.17) is 27.6 Å². The lowest BCUT2D eigenvalue weighted by molar-refractivity contribution is 0.631. The van der Waals surface area contributed by atoms with Gasteiger partial charge in [-0.2, -0.15) is 0 Å². The summed E-state index contributed by atoms with van der Waals surface area (Å²) >= 11 is 12.0. The van der Waals surface area contributed by atoms with Crippen molar-refractivity contribution in [3.05, 3.63) is 58.1 Å². The topological polar surface area (TPSA) is 13.1 Å². The highest BCUT2D eigenvalue weighted by Crippen LogP contribution is 2.33. The fourth-order valence-corrected chi connectivity index (χ4v) is 2.22. The molecule has 0 saturated heterocycles. The summed E-state index contributed by atoms with van der Waals surface area (Å²) in [5.74, 6) is 0.823. The number of furan rings is 1. The maximum atomic E-state index is 5.99. The van der Waals surface area contributed by atoms with E-state index in [1.807, 2.05) is 24.3 Å². The number of halogens is 2. The monoisotopic (exact) mass is 276 g/mol. The van der Waals surface area contributed by atoms with E-state index in [0.717, 1.165) is 22.3 Å². The lowest BCUT2D eigenvalue weighted by atomic mass is 10.1. The van der Waals surface area contributed by atoms with Crippen molar-refractivity contribution in [1.29, 1.82) is 0 Å². The van der Waals surface area contributed by atoms with Crippen LogP contribution in [0, 0.1) is 6.92 Å². The van der Waals surface area contributed by atoms with Crippen LogP contribution in [0.25, 0.3) is 22.3 Å². The molecule has 0 bridgehead atoms. The number of rotatable bonds is 1. The molecule has 0 unspecified atom stereocenters. The van der Waals surface area contributed by atoms with E-state index in [2.05, 4.69) is 19.1 Å². The molecule has 0 aliphatic carbocycles. The molecule has 1 nitrogen and oxygen atoms in total. The molecule has 3 rings (SSSR count). The molecule has 18 heavy (non-hydrogen) atoms. The first kappa shape index (κ1) is 11.6. The standard InChI is InChI=1S/C15H10Cl2O/c1-9-2-4-10(5-3-9)14-7-11-6-12(16)13(17)8-15(11)18-14/h2-8H,1H3. The van der Waals surface area contributed by atoms with Gasteiger partial charge in [-0.3, -0.25) is 0 Å². The second-order valence-corrected chi connectivity index (χ2v) is 5.10. The van der Waals surface area contributed by atoms with Gasteiger partial charge in [0.05, 0.1) is 10.0 Å². The van der Waals surface area contributed by atoms with E-state index >= 15 is 0 Å². The van der Waals surface area contributed by atoms with Gasteiger partial charge in [-0.15, -0.1) is 0 Å². The second-order valence-electron chi connectivity index (χ2n) is 4.28. The van der Waals surface area contributed by atoms with Crippen LogP contribution in [-0.2, 0) is 0 Å². The Morgan fingerprint density at radius 3 is 2.28 bits per heavy atom. The van der Waals surface area contributed by atoms with Crippen LogP contribution < -0.4 is 0 Å². The first-order valence-electron chi connectivity index (χ1n) is 5.59. The zero-order valence-corrected chi connectivity index (χ0v) is 11.2. The summed E-state index contributed by atoms with van der Waals surface area (Å²) in [4.78, 5) is 0. The Hall–Kier alpha value is -1.44. The Morgan fingerprint density at radius 1 is 0.889 bits per heavy atom. The summed E-state index contributed by atoms with van der Waals surface area (Å²) in [5, 5.41) is 2.01. The number of aryl methyl sites for hydroxylation is 1. The predicted molar refractivity (Wildman–Crippen MR) is 76.4 cm³/mol. The average molecular weight is 277 g/mol. The summed E-state index contributed by atoms with van der Waals surface area (Å²) in [6, 6.07) is 13.7. The third-order valence-electron chi connectivity index (χ3n) is 2.90. The van der Waals surface area contributed by atoms with Gasteiger partial charge in [0.25, 0.3) is 0 Å². The van der Waals surface area contributed by atoms with Crippen LogP contribution >= 0.6 is 23.2 Å². The van der Waals surface area contributed by atoms with Gasteiger partial charge in [-0.25, -0.2) is 0 Å². The van der Waals surface area contributed by atoms with Gasteiger partial charge >= 0.3 is 0 Å². The fourth-order valence-electron chi connectivity index (χ4n) is 1.89. The minimum atomic E-state index is 0.508. The average Bonchev–Trinajstić information content (AvgIpc) is 2.73. The molecule has 0 spiro atoms. The highest BCUT2D eigenvalue weighted by atomic mass is 35.5. The molecule has 0 aliphatic heterocycles. The first-order chi connectivity index (χ1) is 8.63. The molecular formula is C15H10Cl2O. The lowest BCUT2D eigenvalue weighted by Gasteiger charge is -1.96. The smallest absolute Gasteiger partial charge is 0.136 e. The molecule has 0 aliphatic rings. The first-order valence-corrected chi connectivity index (χ1v) is 6.35. The molecule has 90 valence electrons. The van der Waals surface area contributed by atoms with Crippen LogP contribution in [-0.4, -0.2) is 0 Å². The summed E-state index contributed by atoms with van der Waals surface area (Å²) in [6.07, 6.45) is 0. The van der Waals surface area contributed by atoms with E-state index in [0.29, 0.717) is 10.0 Å². The second kappa shape index (κ2) is 4.34. The van der Waals surface area contributed by atoms with Gasteiger partial charge in [0.2, 0.25) is 0 Å². The number of fused-ring (bicyclic) bond motifs is 1. The summed E-state index contributed by atoms with van der Waals surface area (Å²) in [7, 11) is 0. The van der Waals surface area contributed by atoms with Crippen molar-refractivity contribution in [3.63, 3.8) is 0 Å². The zero-order chi connectivity index (χ0) is 12.7. The van der Waals surface area contributed by atoms with Gasteiger partial charge in [0.15, 0.2) is 0 Å². The zero-order valence-electron chi connectivity index (χ0n) is 9.71. The van der Waals surface area contributed by atoms with Crippen molar-refractivity contribution in [3.8, 4) is 11.3 Å². The molecule has 0 N–H and O–H groups in total. The highest BCUT2D eigenvalue weighted by molar-refractivity contribution is 6.42. The van der Waals surface area contributed by atoms with Crippen molar-refractivity contribution in [2.24, 2.45) is 0 Å². The van der Waals surface area contributed by atoms with Gasteiger partial charge < -0.3 is 4.42 Å². The van der Waals surface area contributed by atoms with Crippen LogP contribution in [0.1, 0.15) is 5.56 Å². The van der Waals surface area contributed by atoms with E-state index in [1.54, 1.807) is 6.07 Å². The SMILES string of the molecule is Cc1ccc(-c2cc3cc(Cl)c(Cl)cc3o2)cc1. The van der Waals surface area contributed by atoms with E-state index in [-0.39, 0.29) is 0 Å². The quantitative estimate of drug-likeness (QED) is 0.554. The molecule has 0 radical (unpaired) electrons. The Labute approximate surface area is 115 Å². The number of hydrogen-bond acceptors (Lipinski definition) is 1. The maximum absolute atomic E-state index is 5.99. The minimum absolute atomic E-state index is 0.508. The van der Waals surface area contributed by atoms with E-state index < -0.39 is 0 Å². The van der Waals surface area contributed by atoms with Crippen molar-refractivity contribution in [1.82, 2.24) is 0 Å². The molecule has 0 saturated carbocycles. The summed E-state index contributed by atoms with van der Waals surface area (Å²) in [5.41, 5.74) is 3.02. The molecule has 0 fully saturated rings. The molecule has 2 aromatic carbocycles. The molecule has 3 aromatic rings.